The number of benzene rings is 2. The highest BCUT2D eigenvalue weighted by Crippen LogP contribution is 2.20. The Kier molecular flexibility index (Phi) is 3.71. The number of rotatable bonds is 3. The summed E-state index contributed by atoms with van der Waals surface area (Å²) in [4.78, 5) is -0.572. The van der Waals surface area contributed by atoms with E-state index in [1.165, 1.54) is 12.1 Å². The average molecular weight is 301 g/mol. The second kappa shape index (κ2) is 5.16. The Bertz CT molecular complexity index is 720. The highest BCUT2D eigenvalue weighted by atomic mass is 32.2. The van der Waals surface area contributed by atoms with Gasteiger partial charge in [0.15, 0.2) is 0 Å². The lowest BCUT2D eigenvalue weighted by Gasteiger charge is -2.09. The third kappa shape index (κ3) is 3.30. The van der Waals surface area contributed by atoms with Gasteiger partial charge >= 0.3 is 0 Å². The monoisotopic (exact) mass is 301 g/mol. The lowest BCUT2D eigenvalue weighted by molar-refractivity contribution is 0.568. The topological polar surface area (TPSA) is 46.2 Å². The Balaban J connectivity index is 2.40. The zero-order chi connectivity index (χ0) is 14.9. The van der Waals surface area contributed by atoms with Crippen LogP contribution < -0.4 is 4.72 Å². The number of hydrogen-bond donors (Lipinski definition) is 1. The summed E-state index contributed by atoms with van der Waals surface area (Å²) >= 11 is 0. The second-order valence-corrected chi connectivity index (χ2v) is 5.91. The second-order valence-electron chi connectivity index (χ2n) is 4.23. The van der Waals surface area contributed by atoms with Gasteiger partial charge in [0.25, 0.3) is 10.0 Å². The molecule has 2 aromatic carbocycles. The Labute approximate surface area is 114 Å². The molecular weight excluding hydrogens is 291 g/mol. The first-order chi connectivity index (χ1) is 9.26. The predicted molar refractivity (Wildman–Crippen MR) is 68.3 cm³/mol. The molecule has 2 aromatic rings. The molecule has 0 aliphatic rings. The van der Waals surface area contributed by atoms with Gasteiger partial charge in [0.2, 0.25) is 0 Å². The Hall–Kier alpha value is -2.02. The van der Waals surface area contributed by atoms with Crippen molar-refractivity contribution in [3.8, 4) is 0 Å². The number of anilines is 1. The highest BCUT2D eigenvalue weighted by Gasteiger charge is 2.17. The molecule has 0 aliphatic heterocycles. The molecule has 2 rings (SSSR count). The van der Waals surface area contributed by atoms with Crippen LogP contribution in [0.1, 0.15) is 5.56 Å². The summed E-state index contributed by atoms with van der Waals surface area (Å²) in [5.41, 5.74) is 0.486. The maximum absolute atomic E-state index is 13.2. The molecular formula is C13H10F3NO2S. The molecule has 0 aromatic heterocycles. The third-order valence-electron chi connectivity index (χ3n) is 2.44. The standard InChI is InChI=1S/C13H10F3NO2S/c1-8-2-9(14)5-12(3-8)17-20(18,19)13-6-10(15)4-11(16)7-13/h2-7,17H,1H3. The van der Waals surface area contributed by atoms with Gasteiger partial charge < -0.3 is 0 Å². The first-order valence-electron chi connectivity index (χ1n) is 5.52. The lowest BCUT2D eigenvalue weighted by atomic mass is 10.2. The van der Waals surface area contributed by atoms with Crippen molar-refractivity contribution < 1.29 is 21.6 Å². The zero-order valence-electron chi connectivity index (χ0n) is 10.3. The van der Waals surface area contributed by atoms with Gasteiger partial charge in [0, 0.05) is 6.07 Å². The minimum atomic E-state index is -4.19. The molecule has 7 heteroatoms. The van der Waals surface area contributed by atoms with Gasteiger partial charge in [-0.1, -0.05) is 0 Å². The van der Waals surface area contributed by atoms with E-state index in [0.29, 0.717) is 23.8 Å². The zero-order valence-corrected chi connectivity index (χ0v) is 11.1. The number of aryl methyl sites for hydroxylation is 1. The molecule has 0 saturated carbocycles. The molecule has 106 valence electrons. The van der Waals surface area contributed by atoms with Crippen LogP contribution in [-0.2, 0) is 10.0 Å². The molecule has 0 unspecified atom stereocenters. The van der Waals surface area contributed by atoms with Crippen LogP contribution in [0.3, 0.4) is 0 Å². The molecule has 0 radical (unpaired) electrons. The summed E-state index contributed by atoms with van der Waals surface area (Å²) in [6.07, 6.45) is 0. The van der Waals surface area contributed by atoms with Crippen LogP contribution >= 0.6 is 0 Å². The van der Waals surface area contributed by atoms with Crippen LogP contribution in [-0.4, -0.2) is 8.42 Å². The molecule has 1 N–H and O–H groups in total. The summed E-state index contributed by atoms with van der Waals surface area (Å²) in [5, 5.41) is 0. The molecule has 0 atom stereocenters. The largest absolute Gasteiger partial charge is 0.280 e. The fourth-order valence-electron chi connectivity index (χ4n) is 1.69. The molecule has 0 amide bonds. The quantitative estimate of drug-likeness (QED) is 0.946. The van der Waals surface area contributed by atoms with Crippen LogP contribution in [0.25, 0.3) is 0 Å². The Morgan fingerprint density at radius 1 is 0.850 bits per heavy atom. The van der Waals surface area contributed by atoms with Gasteiger partial charge in [-0.2, -0.15) is 0 Å². The Morgan fingerprint density at radius 3 is 1.95 bits per heavy atom. The first-order valence-corrected chi connectivity index (χ1v) is 7.01. The van der Waals surface area contributed by atoms with Crippen LogP contribution in [0.5, 0.6) is 0 Å². The van der Waals surface area contributed by atoms with E-state index in [2.05, 4.69) is 4.72 Å². The fourth-order valence-corrected chi connectivity index (χ4v) is 2.77. The molecule has 20 heavy (non-hydrogen) atoms. The molecule has 3 nitrogen and oxygen atoms in total. The van der Waals surface area contributed by atoms with E-state index in [0.717, 1.165) is 6.07 Å². The van der Waals surface area contributed by atoms with Gasteiger partial charge in [-0.25, -0.2) is 21.6 Å². The van der Waals surface area contributed by atoms with Crippen molar-refractivity contribution in [2.75, 3.05) is 4.72 Å². The van der Waals surface area contributed by atoms with Crippen molar-refractivity contribution >= 4 is 15.7 Å². The highest BCUT2D eigenvalue weighted by molar-refractivity contribution is 7.92. The molecule has 0 spiro atoms. The molecule has 0 saturated heterocycles. The molecule has 0 bridgehead atoms. The van der Waals surface area contributed by atoms with Crippen molar-refractivity contribution in [3.05, 3.63) is 59.4 Å². The summed E-state index contributed by atoms with van der Waals surface area (Å²) in [5.74, 6) is -2.64. The summed E-state index contributed by atoms with van der Waals surface area (Å²) in [6.45, 7) is 1.59. The maximum atomic E-state index is 13.2. The molecule has 0 heterocycles. The van der Waals surface area contributed by atoms with Crippen molar-refractivity contribution in [1.82, 2.24) is 0 Å². The van der Waals surface area contributed by atoms with Crippen molar-refractivity contribution in [2.24, 2.45) is 0 Å². The molecule has 0 aliphatic carbocycles. The number of halogens is 3. The van der Waals surface area contributed by atoms with Gasteiger partial charge in [-0.3, -0.25) is 4.72 Å². The van der Waals surface area contributed by atoms with E-state index in [-0.39, 0.29) is 5.69 Å². The van der Waals surface area contributed by atoms with Gasteiger partial charge in [-0.05, 0) is 42.8 Å². The summed E-state index contributed by atoms with van der Waals surface area (Å²) in [6, 6.07) is 5.51. The third-order valence-corrected chi connectivity index (χ3v) is 3.80. The summed E-state index contributed by atoms with van der Waals surface area (Å²) in [7, 11) is -4.19. The average Bonchev–Trinajstić information content (AvgIpc) is 2.25. The predicted octanol–water partition coefficient (Wildman–Crippen LogP) is 3.21. The van der Waals surface area contributed by atoms with Crippen LogP contribution in [0.2, 0.25) is 0 Å². The van der Waals surface area contributed by atoms with Crippen LogP contribution in [0, 0.1) is 24.4 Å². The number of nitrogens with one attached hydrogen (secondary N) is 1. The number of sulfonamides is 1. The minimum absolute atomic E-state index is 0.0211. The van der Waals surface area contributed by atoms with Crippen molar-refractivity contribution in [1.29, 1.82) is 0 Å². The maximum Gasteiger partial charge on any atom is 0.262 e. The van der Waals surface area contributed by atoms with Gasteiger partial charge in [-0.15, -0.1) is 0 Å². The van der Waals surface area contributed by atoms with E-state index in [4.69, 9.17) is 0 Å². The van der Waals surface area contributed by atoms with E-state index in [1.54, 1.807) is 6.92 Å². The van der Waals surface area contributed by atoms with E-state index in [9.17, 15) is 21.6 Å². The first kappa shape index (κ1) is 14.4. The van der Waals surface area contributed by atoms with Gasteiger partial charge in [0.1, 0.15) is 17.5 Å². The lowest BCUT2D eigenvalue weighted by Crippen LogP contribution is -2.13. The fraction of sp³-hybridized carbons (Fsp3) is 0.0769. The van der Waals surface area contributed by atoms with E-state index in [1.807, 2.05) is 0 Å². The van der Waals surface area contributed by atoms with Crippen molar-refractivity contribution in [2.45, 2.75) is 11.8 Å². The Morgan fingerprint density at radius 2 is 1.40 bits per heavy atom. The summed E-state index contributed by atoms with van der Waals surface area (Å²) < 4.78 is 65.2. The molecule has 0 fully saturated rings. The normalized spacial score (nSPS) is 11.4. The van der Waals surface area contributed by atoms with Crippen LogP contribution in [0.4, 0.5) is 18.9 Å². The smallest absolute Gasteiger partial charge is 0.262 e. The van der Waals surface area contributed by atoms with Crippen molar-refractivity contribution in [3.63, 3.8) is 0 Å². The SMILES string of the molecule is Cc1cc(F)cc(NS(=O)(=O)c2cc(F)cc(F)c2)c1. The van der Waals surface area contributed by atoms with Crippen LogP contribution in [0.15, 0.2) is 41.3 Å². The van der Waals surface area contributed by atoms with E-state index < -0.39 is 32.4 Å². The minimum Gasteiger partial charge on any atom is -0.280 e. The van der Waals surface area contributed by atoms with Gasteiger partial charge in [0.05, 0.1) is 10.6 Å². The number of hydrogen-bond acceptors (Lipinski definition) is 2. The van der Waals surface area contributed by atoms with E-state index >= 15 is 0 Å².